The molecule has 0 saturated carbocycles. The highest BCUT2D eigenvalue weighted by Gasteiger charge is 1.98. The molecule has 0 saturated heterocycles. The topological polar surface area (TPSA) is 24.4 Å². The summed E-state index contributed by atoms with van der Waals surface area (Å²) in [6.45, 7) is 4.38. The standard InChI is InChI=1S/C22H20N2S/c1-17(2)20-10-12-21(13-11-20)24-23-15-22-14-19(16-25-22)9-8-18-6-4-3-5-7-18/h3-7,10-17,24H,1-2H3/b23-15+. The lowest BCUT2D eigenvalue weighted by Gasteiger charge is -2.06. The van der Waals surface area contributed by atoms with Gasteiger partial charge in [-0.25, -0.2) is 0 Å². The summed E-state index contributed by atoms with van der Waals surface area (Å²) in [6.07, 6.45) is 1.83. The molecule has 1 N–H and O–H groups in total. The van der Waals surface area contributed by atoms with E-state index in [1.165, 1.54) is 5.56 Å². The van der Waals surface area contributed by atoms with Gasteiger partial charge in [-0.15, -0.1) is 11.3 Å². The normalized spacial score (nSPS) is 10.7. The second kappa shape index (κ2) is 8.32. The quantitative estimate of drug-likeness (QED) is 0.365. The molecule has 2 aromatic carbocycles. The number of hydrogen-bond donors (Lipinski definition) is 1. The molecule has 3 rings (SSSR count). The van der Waals surface area contributed by atoms with Gasteiger partial charge in [-0.05, 0) is 41.8 Å². The van der Waals surface area contributed by atoms with Crippen LogP contribution in [0.25, 0.3) is 0 Å². The van der Waals surface area contributed by atoms with Gasteiger partial charge in [0.05, 0.1) is 11.9 Å². The highest BCUT2D eigenvalue weighted by molar-refractivity contribution is 7.11. The molecule has 2 nitrogen and oxygen atoms in total. The average Bonchev–Trinajstić information content (AvgIpc) is 3.09. The van der Waals surface area contributed by atoms with E-state index in [2.05, 4.69) is 65.9 Å². The summed E-state index contributed by atoms with van der Waals surface area (Å²) < 4.78 is 0. The number of nitrogens with zero attached hydrogens (tertiary/aromatic N) is 1. The number of benzene rings is 2. The zero-order valence-electron chi connectivity index (χ0n) is 14.4. The van der Waals surface area contributed by atoms with Crippen molar-refractivity contribution in [3.05, 3.63) is 87.6 Å². The van der Waals surface area contributed by atoms with Crippen LogP contribution in [-0.2, 0) is 0 Å². The lowest BCUT2D eigenvalue weighted by Crippen LogP contribution is -1.91. The Hall–Kier alpha value is -2.83. The molecule has 3 heteroatoms. The van der Waals surface area contributed by atoms with Gasteiger partial charge in [-0.3, -0.25) is 5.43 Å². The third-order valence-electron chi connectivity index (χ3n) is 3.71. The maximum Gasteiger partial charge on any atom is 0.0645 e. The molecule has 0 aliphatic carbocycles. The SMILES string of the molecule is CC(C)c1ccc(N/N=C/c2cc(C#Cc3ccccc3)cs2)cc1. The molecule has 3 aromatic rings. The van der Waals surface area contributed by atoms with Crippen molar-refractivity contribution in [2.24, 2.45) is 5.10 Å². The van der Waals surface area contributed by atoms with Gasteiger partial charge in [0, 0.05) is 21.4 Å². The third kappa shape index (κ3) is 5.07. The molecule has 124 valence electrons. The van der Waals surface area contributed by atoms with Crippen molar-refractivity contribution in [2.75, 3.05) is 5.43 Å². The van der Waals surface area contributed by atoms with Gasteiger partial charge in [0.1, 0.15) is 0 Å². The fourth-order valence-electron chi connectivity index (χ4n) is 2.26. The van der Waals surface area contributed by atoms with Crippen LogP contribution in [0.5, 0.6) is 0 Å². The van der Waals surface area contributed by atoms with Crippen LogP contribution < -0.4 is 5.43 Å². The molecule has 0 radical (unpaired) electrons. The smallest absolute Gasteiger partial charge is 0.0645 e. The van der Waals surface area contributed by atoms with Crippen LogP contribution >= 0.6 is 11.3 Å². The van der Waals surface area contributed by atoms with Gasteiger partial charge >= 0.3 is 0 Å². The monoisotopic (exact) mass is 344 g/mol. The Morgan fingerprint density at radius 3 is 2.40 bits per heavy atom. The molecule has 0 spiro atoms. The predicted octanol–water partition coefficient (Wildman–Crippen LogP) is 5.72. The highest BCUT2D eigenvalue weighted by Crippen LogP contribution is 2.17. The number of hydrogen-bond acceptors (Lipinski definition) is 3. The van der Waals surface area contributed by atoms with Crippen molar-refractivity contribution < 1.29 is 0 Å². The molecule has 0 atom stereocenters. The Balaban J connectivity index is 1.59. The van der Waals surface area contributed by atoms with Crippen molar-refractivity contribution in [1.82, 2.24) is 0 Å². The Bertz CT molecular complexity index is 894. The number of rotatable bonds is 4. The van der Waals surface area contributed by atoms with Crippen molar-refractivity contribution in [3.63, 3.8) is 0 Å². The van der Waals surface area contributed by atoms with Gasteiger partial charge in [-0.2, -0.15) is 5.10 Å². The highest BCUT2D eigenvalue weighted by atomic mass is 32.1. The number of anilines is 1. The molecule has 25 heavy (non-hydrogen) atoms. The van der Waals surface area contributed by atoms with Crippen LogP contribution in [0.1, 0.15) is 41.3 Å². The fraction of sp³-hybridized carbons (Fsp3) is 0.136. The third-order valence-corrected chi connectivity index (χ3v) is 4.57. The van der Waals surface area contributed by atoms with E-state index in [-0.39, 0.29) is 0 Å². The summed E-state index contributed by atoms with van der Waals surface area (Å²) >= 11 is 1.63. The Kier molecular flexibility index (Phi) is 5.66. The van der Waals surface area contributed by atoms with Crippen LogP contribution in [0.15, 0.2) is 71.1 Å². The molecule has 0 aliphatic heterocycles. The summed E-state index contributed by atoms with van der Waals surface area (Å²) in [6, 6.07) is 20.4. The zero-order valence-corrected chi connectivity index (χ0v) is 15.2. The Morgan fingerprint density at radius 1 is 0.960 bits per heavy atom. The minimum atomic E-state index is 0.541. The van der Waals surface area contributed by atoms with E-state index in [1.807, 2.05) is 42.6 Å². The summed E-state index contributed by atoms with van der Waals surface area (Å²) in [5.41, 5.74) is 7.42. The van der Waals surface area contributed by atoms with Gasteiger partial charge in [0.2, 0.25) is 0 Å². The van der Waals surface area contributed by atoms with E-state index in [0.717, 1.165) is 21.7 Å². The lowest BCUT2D eigenvalue weighted by atomic mass is 10.0. The Morgan fingerprint density at radius 2 is 1.68 bits per heavy atom. The van der Waals surface area contributed by atoms with Crippen LogP contribution in [0.4, 0.5) is 5.69 Å². The second-order valence-electron chi connectivity index (χ2n) is 6.00. The Labute approximate surface area is 153 Å². The van der Waals surface area contributed by atoms with E-state index < -0.39 is 0 Å². The van der Waals surface area contributed by atoms with Crippen molar-refractivity contribution in [1.29, 1.82) is 0 Å². The molecule has 0 fully saturated rings. The predicted molar refractivity (Wildman–Crippen MR) is 108 cm³/mol. The molecule has 0 aliphatic rings. The first-order chi connectivity index (χ1) is 12.2. The summed E-state index contributed by atoms with van der Waals surface area (Å²) in [5, 5.41) is 6.36. The summed E-state index contributed by atoms with van der Waals surface area (Å²) in [4.78, 5) is 1.07. The van der Waals surface area contributed by atoms with Gasteiger partial charge in [0.25, 0.3) is 0 Å². The summed E-state index contributed by atoms with van der Waals surface area (Å²) in [7, 11) is 0. The number of thiophene rings is 1. The van der Waals surface area contributed by atoms with E-state index >= 15 is 0 Å². The maximum atomic E-state index is 4.31. The minimum absolute atomic E-state index is 0.541. The van der Waals surface area contributed by atoms with E-state index in [0.29, 0.717) is 5.92 Å². The van der Waals surface area contributed by atoms with Gasteiger partial charge < -0.3 is 0 Å². The maximum absolute atomic E-state index is 4.31. The molecule has 1 aromatic heterocycles. The second-order valence-corrected chi connectivity index (χ2v) is 6.94. The molecule has 0 amide bonds. The molecular weight excluding hydrogens is 324 g/mol. The minimum Gasteiger partial charge on any atom is -0.278 e. The molecule has 0 bridgehead atoms. The van der Waals surface area contributed by atoms with Crippen molar-refractivity contribution in [2.45, 2.75) is 19.8 Å². The van der Waals surface area contributed by atoms with Crippen LogP contribution in [0.2, 0.25) is 0 Å². The van der Waals surface area contributed by atoms with Crippen LogP contribution in [-0.4, -0.2) is 6.21 Å². The number of hydrazone groups is 1. The van der Waals surface area contributed by atoms with Crippen molar-refractivity contribution in [3.8, 4) is 11.8 Å². The lowest BCUT2D eigenvalue weighted by molar-refractivity contribution is 0.867. The molecule has 1 heterocycles. The largest absolute Gasteiger partial charge is 0.278 e. The van der Waals surface area contributed by atoms with Crippen LogP contribution in [0, 0.1) is 11.8 Å². The van der Waals surface area contributed by atoms with Crippen molar-refractivity contribution >= 4 is 23.2 Å². The molecular formula is C22H20N2S. The first-order valence-electron chi connectivity index (χ1n) is 8.25. The van der Waals surface area contributed by atoms with Gasteiger partial charge in [0.15, 0.2) is 0 Å². The first kappa shape index (κ1) is 17.0. The van der Waals surface area contributed by atoms with Gasteiger partial charge in [-0.1, -0.05) is 56.0 Å². The van der Waals surface area contributed by atoms with E-state index in [9.17, 15) is 0 Å². The summed E-state index contributed by atoms with van der Waals surface area (Å²) in [5.74, 6) is 6.89. The van der Waals surface area contributed by atoms with E-state index in [1.54, 1.807) is 11.3 Å². The molecule has 0 unspecified atom stereocenters. The number of nitrogens with one attached hydrogen (secondary N) is 1. The average molecular weight is 344 g/mol. The zero-order chi connectivity index (χ0) is 17.5. The van der Waals surface area contributed by atoms with E-state index in [4.69, 9.17) is 0 Å². The fourth-order valence-corrected chi connectivity index (χ4v) is 2.96. The first-order valence-corrected chi connectivity index (χ1v) is 9.13. The van der Waals surface area contributed by atoms with Crippen LogP contribution in [0.3, 0.4) is 0 Å².